The number of thioether (sulfide) groups is 1. The minimum absolute atomic E-state index is 0.0362. The summed E-state index contributed by atoms with van der Waals surface area (Å²) in [5.74, 6) is -0.265. The van der Waals surface area contributed by atoms with Gasteiger partial charge in [-0.3, -0.25) is 4.79 Å². The van der Waals surface area contributed by atoms with Crippen LogP contribution in [0.1, 0.15) is 27.9 Å². The zero-order valence-electron chi connectivity index (χ0n) is 13.1. The van der Waals surface area contributed by atoms with Crippen molar-refractivity contribution in [2.75, 3.05) is 0 Å². The minimum Gasteiger partial charge on any atom is -0.488 e. The molecule has 1 saturated heterocycles. The summed E-state index contributed by atoms with van der Waals surface area (Å²) in [5, 5.41) is 8.92. The zero-order chi connectivity index (χ0) is 17.8. The largest absolute Gasteiger partial charge is 0.488 e. The third-order valence-corrected chi connectivity index (χ3v) is 4.94. The molecule has 3 rings (SSSR count). The fourth-order valence-corrected chi connectivity index (χ4v) is 3.54. The molecule has 0 amide bonds. The number of carbonyl (C=O) groups excluding carboxylic acids is 1. The quantitative estimate of drug-likeness (QED) is 0.624. The number of para-hydroxylation sites is 1. The molecule has 1 N–H and O–H groups in total. The fraction of sp³-hybridized carbons (Fsp3) is 0.105. The van der Waals surface area contributed by atoms with Gasteiger partial charge in [-0.05, 0) is 29.8 Å². The third-order valence-electron chi connectivity index (χ3n) is 3.60. The maximum absolute atomic E-state index is 11.9. The van der Waals surface area contributed by atoms with Crippen LogP contribution in [-0.4, -0.2) is 21.1 Å². The first kappa shape index (κ1) is 17.4. The number of allylic oxidation sites excluding steroid dienone is 1. The van der Waals surface area contributed by atoms with Crippen LogP contribution in [0.25, 0.3) is 6.08 Å². The first-order chi connectivity index (χ1) is 12.0. The van der Waals surface area contributed by atoms with Crippen molar-refractivity contribution in [1.29, 1.82) is 0 Å². The molecule has 1 aliphatic rings. The number of rotatable bonds is 5. The van der Waals surface area contributed by atoms with E-state index in [0.717, 1.165) is 11.1 Å². The van der Waals surface area contributed by atoms with Crippen LogP contribution in [0.5, 0.6) is 5.75 Å². The molecule has 0 radical (unpaired) electrons. The number of ketones is 1. The first-order valence-corrected chi connectivity index (χ1v) is 8.75. The molecule has 4 nitrogen and oxygen atoms in total. The number of carboxylic acid groups (broad SMARTS) is 1. The number of hydrogen-bond acceptors (Lipinski definition) is 5. The Hall–Kier alpha value is -2.44. The van der Waals surface area contributed by atoms with Crippen molar-refractivity contribution in [3.63, 3.8) is 0 Å². The number of hydrogen-bond donors (Lipinski definition) is 1. The van der Waals surface area contributed by atoms with Crippen molar-refractivity contribution < 1.29 is 19.4 Å². The van der Waals surface area contributed by atoms with E-state index in [2.05, 4.69) is 0 Å². The van der Waals surface area contributed by atoms with Crippen LogP contribution >= 0.6 is 24.0 Å². The van der Waals surface area contributed by atoms with Crippen molar-refractivity contribution in [2.45, 2.75) is 13.0 Å². The standard InChI is InChI=1S/C19H14O4S2/c20-15-10-18(24)25-17(15)9-14-3-1-2-4-16(14)23-11-12-5-7-13(8-6-12)19(21)22/h1-9H,10-11H2,(H,21,22)/b17-9+. The molecule has 25 heavy (non-hydrogen) atoms. The van der Waals surface area contributed by atoms with Crippen molar-refractivity contribution in [3.8, 4) is 5.75 Å². The molecular weight excluding hydrogens is 356 g/mol. The third kappa shape index (κ3) is 4.35. The molecule has 1 aliphatic heterocycles. The molecule has 0 bridgehead atoms. The Labute approximate surface area is 154 Å². The second kappa shape index (κ2) is 7.63. The molecule has 0 aliphatic carbocycles. The van der Waals surface area contributed by atoms with Crippen molar-refractivity contribution in [2.24, 2.45) is 0 Å². The first-order valence-electron chi connectivity index (χ1n) is 7.52. The van der Waals surface area contributed by atoms with Crippen molar-refractivity contribution in [3.05, 3.63) is 70.1 Å². The summed E-state index contributed by atoms with van der Waals surface area (Å²) in [5.41, 5.74) is 1.91. The summed E-state index contributed by atoms with van der Waals surface area (Å²) in [6, 6.07) is 14.0. The van der Waals surface area contributed by atoms with E-state index < -0.39 is 5.97 Å². The van der Waals surface area contributed by atoms with E-state index >= 15 is 0 Å². The second-order valence-corrected chi connectivity index (χ2v) is 7.30. The van der Waals surface area contributed by atoms with Gasteiger partial charge < -0.3 is 9.84 Å². The summed E-state index contributed by atoms with van der Waals surface area (Å²) < 4.78 is 6.54. The fourth-order valence-electron chi connectivity index (χ4n) is 2.32. The van der Waals surface area contributed by atoms with E-state index in [1.807, 2.05) is 24.3 Å². The molecule has 1 fully saturated rings. The lowest BCUT2D eigenvalue weighted by atomic mass is 10.1. The van der Waals surface area contributed by atoms with Gasteiger partial charge in [-0.2, -0.15) is 0 Å². The lowest BCUT2D eigenvalue weighted by Crippen LogP contribution is -2.00. The number of thiocarbonyl (C=S) groups is 1. The molecule has 2 aromatic rings. The van der Waals surface area contributed by atoms with Crippen LogP contribution in [0, 0.1) is 0 Å². The smallest absolute Gasteiger partial charge is 0.335 e. The van der Waals surface area contributed by atoms with Gasteiger partial charge in [-0.15, -0.1) is 0 Å². The van der Waals surface area contributed by atoms with Gasteiger partial charge >= 0.3 is 5.97 Å². The highest BCUT2D eigenvalue weighted by atomic mass is 32.2. The Morgan fingerprint density at radius 2 is 1.92 bits per heavy atom. The SMILES string of the molecule is O=C1CC(=S)S/C1=C/c1ccccc1OCc1ccc(C(=O)O)cc1. The molecule has 2 aromatic carbocycles. The Bertz CT molecular complexity index is 869. The predicted molar refractivity (Wildman–Crippen MR) is 102 cm³/mol. The molecule has 0 aromatic heterocycles. The number of aromatic carboxylic acids is 1. The highest BCUT2D eigenvalue weighted by Gasteiger charge is 2.23. The second-order valence-electron chi connectivity index (χ2n) is 5.41. The normalized spacial score (nSPS) is 15.6. The van der Waals surface area contributed by atoms with Gasteiger partial charge in [0.2, 0.25) is 0 Å². The van der Waals surface area contributed by atoms with Gasteiger partial charge in [0.1, 0.15) is 12.4 Å². The van der Waals surface area contributed by atoms with Gasteiger partial charge in [0.05, 0.1) is 21.1 Å². The zero-order valence-corrected chi connectivity index (χ0v) is 14.7. The summed E-state index contributed by atoms with van der Waals surface area (Å²) in [4.78, 5) is 23.4. The van der Waals surface area contributed by atoms with Gasteiger partial charge in [0, 0.05) is 5.56 Å². The Kier molecular flexibility index (Phi) is 5.31. The molecule has 0 saturated carbocycles. The molecular formula is C19H14O4S2. The van der Waals surface area contributed by atoms with E-state index in [1.165, 1.54) is 11.8 Å². The molecule has 0 unspecified atom stereocenters. The van der Waals surface area contributed by atoms with Crippen LogP contribution in [0.4, 0.5) is 0 Å². The summed E-state index contributed by atoms with van der Waals surface area (Å²) in [6.07, 6.45) is 2.11. The average molecular weight is 370 g/mol. The van der Waals surface area contributed by atoms with E-state index in [1.54, 1.807) is 30.3 Å². The number of Topliss-reactive ketones (excluding diaryl/α,β-unsaturated/α-hetero) is 1. The number of benzene rings is 2. The number of carbonyl (C=O) groups is 2. The van der Waals surface area contributed by atoms with E-state index in [0.29, 0.717) is 27.9 Å². The highest BCUT2D eigenvalue weighted by molar-refractivity contribution is 8.27. The number of ether oxygens (including phenoxy) is 1. The van der Waals surface area contributed by atoms with Crippen molar-refractivity contribution >= 4 is 46.0 Å². The molecule has 1 heterocycles. The molecule has 0 spiro atoms. The van der Waals surface area contributed by atoms with Gasteiger partial charge in [-0.25, -0.2) is 4.79 Å². The summed E-state index contributed by atoms with van der Waals surface area (Å²) >= 11 is 6.42. The van der Waals surface area contributed by atoms with E-state index in [-0.39, 0.29) is 11.3 Å². The maximum atomic E-state index is 11.9. The van der Waals surface area contributed by atoms with Crippen LogP contribution < -0.4 is 4.74 Å². The Morgan fingerprint density at radius 1 is 1.20 bits per heavy atom. The molecule has 0 atom stereocenters. The lowest BCUT2D eigenvalue weighted by molar-refractivity contribution is -0.113. The topological polar surface area (TPSA) is 63.6 Å². The number of carboxylic acids is 1. The summed E-state index contributed by atoms with van der Waals surface area (Å²) in [6.45, 7) is 0.305. The van der Waals surface area contributed by atoms with Crippen LogP contribution in [0.2, 0.25) is 0 Å². The molecule has 126 valence electrons. The predicted octanol–water partition coefficient (Wildman–Crippen LogP) is 4.34. The van der Waals surface area contributed by atoms with Crippen LogP contribution in [-0.2, 0) is 11.4 Å². The minimum atomic E-state index is -0.957. The molecule has 6 heteroatoms. The van der Waals surface area contributed by atoms with Gasteiger partial charge in [-0.1, -0.05) is 54.3 Å². The Morgan fingerprint density at radius 3 is 2.56 bits per heavy atom. The maximum Gasteiger partial charge on any atom is 0.335 e. The Balaban J connectivity index is 1.75. The monoisotopic (exact) mass is 370 g/mol. The van der Waals surface area contributed by atoms with Crippen molar-refractivity contribution in [1.82, 2.24) is 0 Å². The van der Waals surface area contributed by atoms with Gasteiger partial charge in [0.15, 0.2) is 5.78 Å². The van der Waals surface area contributed by atoms with Gasteiger partial charge in [0.25, 0.3) is 0 Å². The van der Waals surface area contributed by atoms with Crippen LogP contribution in [0.3, 0.4) is 0 Å². The lowest BCUT2D eigenvalue weighted by Gasteiger charge is -2.10. The van der Waals surface area contributed by atoms with E-state index in [4.69, 9.17) is 22.1 Å². The highest BCUT2D eigenvalue weighted by Crippen LogP contribution is 2.33. The van der Waals surface area contributed by atoms with Crippen LogP contribution in [0.15, 0.2) is 53.4 Å². The van der Waals surface area contributed by atoms with E-state index in [9.17, 15) is 9.59 Å². The average Bonchev–Trinajstić information content (AvgIpc) is 2.91. The summed E-state index contributed by atoms with van der Waals surface area (Å²) in [7, 11) is 0.